The molecule has 130 valence electrons. The fraction of sp³-hybridized carbons (Fsp3) is 0.529. The number of carboxylic acids is 1. The molecule has 23 heavy (non-hydrogen) atoms. The lowest BCUT2D eigenvalue weighted by Gasteiger charge is -2.20. The Bertz CT molecular complexity index is 510. The van der Waals surface area contributed by atoms with Crippen LogP contribution in [0.1, 0.15) is 39.7 Å². The van der Waals surface area contributed by atoms with Gasteiger partial charge in [0.25, 0.3) is 0 Å². The van der Waals surface area contributed by atoms with Gasteiger partial charge < -0.3 is 10.4 Å². The van der Waals surface area contributed by atoms with Crippen LogP contribution >= 0.6 is 12.4 Å². The number of rotatable bonds is 7. The van der Waals surface area contributed by atoms with Gasteiger partial charge in [0.15, 0.2) is 0 Å². The summed E-state index contributed by atoms with van der Waals surface area (Å²) in [7, 11) is 0. The predicted octanol–water partition coefficient (Wildman–Crippen LogP) is 3.14. The average molecular weight is 343 g/mol. The second-order valence-electron chi connectivity index (χ2n) is 6.48. The Kier molecular flexibility index (Phi) is 8.87. The van der Waals surface area contributed by atoms with Crippen LogP contribution in [0.3, 0.4) is 0 Å². The van der Waals surface area contributed by atoms with Crippen molar-refractivity contribution < 1.29 is 14.7 Å². The Labute approximate surface area is 144 Å². The third-order valence-electron chi connectivity index (χ3n) is 3.30. The number of anilines is 1. The highest BCUT2D eigenvalue weighted by molar-refractivity contribution is 5.92. The number of carbonyl (C=O) groups is 2. The summed E-state index contributed by atoms with van der Waals surface area (Å²) in [5, 5.41) is 11.7. The molecule has 0 saturated carbocycles. The van der Waals surface area contributed by atoms with Crippen LogP contribution in [0.2, 0.25) is 0 Å². The van der Waals surface area contributed by atoms with E-state index in [1.54, 1.807) is 4.90 Å². The van der Waals surface area contributed by atoms with E-state index in [1.165, 1.54) is 5.56 Å². The number of carbonyl (C=O) groups excluding carboxylic acids is 1. The minimum Gasteiger partial charge on any atom is -0.480 e. The molecule has 0 fully saturated rings. The topological polar surface area (TPSA) is 69.6 Å². The maximum absolute atomic E-state index is 12.0. The molecule has 0 aliphatic heterocycles. The lowest BCUT2D eigenvalue weighted by molar-refractivity contribution is -0.138. The van der Waals surface area contributed by atoms with Crippen LogP contribution in [0.4, 0.5) is 5.69 Å². The third-order valence-corrected chi connectivity index (χ3v) is 3.30. The van der Waals surface area contributed by atoms with Crippen molar-refractivity contribution in [3.8, 4) is 0 Å². The molecule has 6 heteroatoms. The second-order valence-corrected chi connectivity index (χ2v) is 6.48. The van der Waals surface area contributed by atoms with Gasteiger partial charge in [0.05, 0.1) is 13.1 Å². The number of amides is 1. The molecule has 0 radical (unpaired) electrons. The van der Waals surface area contributed by atoms with E-state index >= 15 is 0 Å². The molecular formula is C17H27ClN2O3. The minimum absolute atomic E-state index is 0. The molecule has 0 heterocycles. The summed E-state index contributed by atoms with van der Waals surface area (Å²) < 4.78 is 0. The molecule has 0 spiro atoms. The zero-order valence-electron chi connectivity index (χ0n) is 14.3. The predicted molar refractivity (Wildman–Crippen MR) is 95.4 cm³/mol. The minimum atomic E-state index is -0.921. The Balaban J connectivity index is 0.00000484. The van der Waals surface area contributed by atoms with Gasteiger partial charge >= 0.3 is 5.97 Å². The highest BCUT2D eigenvalue weighted by atomic mass is 35.5. The van der Waals surface area contributed by atoms with Crippen molar-refractivity contribution in [1.82, 2.24) is 4.90 Å². The van der Waals surface area contributed by atoms with Gasteiger partial charge in [-0.3, -0.25) is 14.5 Å². The summed E-state index contributed by atoms with van der Waals surface area (Å²) in [6.07, 6.45) is 0.806. The molecular weight excluding hydrogens is 316 g/mol. The van der Waals surface area contributed by atoms with Gasteiger partial charge in [0.2, 0.25) is 5.91 Å². The van der Waals surface area contributed by atoms with Crippen LogP contribution in [0.25, 0.3) is 0 Å². The van der Waals surface area contributed by atoms with E-state index in [2.05, 4.69) is 26.1 Å². The number of hydrogen-bond donors (Lipinski definition) is 2. The lowest BCUT2D eigenvalue weighted by atomic mass is 9.87. The van der Waals surface area contributed by atoms with Crippen molar-refractivity contribution in [3.05, 3.63) is 29.8 Å². The average Bonchev–Trinajstić information content (AvgIpc) is 2.37. The maximum Gasteiger partial charge on any atom is 0.317 e. The molecule has 0 unspecified atom stereocenters. The van der Waals surface area contributed by atoms with Crippen LogP contribution in [0, 0.1) is 0 Å². The summed E-state index contributed by atoms with van der Waals surface area (Å²) in [6.45, 7) is 8.91. The molecule has 0 bridgehead atoms. The number of nitrogens with zero attached hydrogens (tertiary/aromatic N) is 1. The molecule has 0 aliphatic carbocycles. The molecule has 0 aliphatic rings. The van der Waals surface area contributed by atoms with Crippen LogP contribution in [0.15, 0.2) is 24.3 Å². The van der Waals surface area contributed by atoms with Crippen molar-refractivity contribution in [1.29, 1.82) is 0 Å². The van der Waals surface area contributed by atoms with Crippen molar-refractivity contribution in [2.75, 3.05) is 25.0 Å². The number of halogens is 1. The van der Waals surface area contributed by atoms with Gasteiger partial charge in [-0.05, 0) is 36.1 Å². The van der Waals surface area contributed by atoms with Gasteiger partial charge in [0.1, 0.15) is 0 Å². The molecule has 1 aromatic carbocycles. The molecule has 1 amide bonds. The number of hydrogen-bond acceptors (Lipinski definition) is 3. The first-order valence-electron chi connectivity index (χ1n) is 7.57. The van der Waals surface area contributed by atoms with E-state index in [9.17, 15) is 9.59 Å². The van der Waals surface area contributed by atoms with Gasteiger partial charge in [-0.25, -0.2) is 0 Å². The molecule has 5 nitrogen and oxygen atoms in total. The number of aliphatic carboxylic acids is 1. The van der Waals surface area contributed by atoms with Gasteiger partial charge in [-0.15, -0.1) is 12.4 Å². The first-order valence-corrected chi connectivity index (χ1v) is 7.57. The quantitative estimate of drug-likeness (QED) is 0.798. The van der Waals surface area contributed by atoms with Gasteiger partial charge in [-0.2, -0.15) is 0 Å². The summed E-state index contributed by atoms with van der Waals surface area (Å²) >= 11 is 0. The molecule has 1 rings (SSSR count). The molecule has 2 N–H and O–H groups in total. The van der Waals surface area contributed by atoms with E-state index in [1.807, 2.05) is 31.2 Å². The summed E-state index contributed by atoms with van der Waals surface area (Å²) in [4.78, 5) is 24.4. The van der Waals surface area contributed by atoms with E-state index in [0.29, 0.717) is 6.54 Å². The lowest BCUT2D eigenvalue weighted by Crippen LogP contribution is -2.37. The second kappa shape index (κ2) is 9.53. The Morgan fingerprint density at radius 1 is 1.13 bits per heavy atom. The summed E-state index contributed by atoms with van der Waals surface area (Å²) in [6, 6.07) is 7.74. The van der Waals surface area contributed by atoms with Crippen LogP contribution < -0.4 is 5.32 Å². The van der Waals surface area contributed by atoms with E-state index in [4.69, 9.17) is 5.11 Å². The molecule has 0 aromatic heterocycles. The zero-order chi connectivity index (χ0) is 16.8. The Morgan fingerprint density at radius 2 is 1.70 bits per heavy atom. The van der Waals surface area contributed by atoms with Crippen molar-refractivity contribution in [2.24, 2.45) is 0 Å². The summed E-state index contributed by atoms with van der Waals surface area (Å²) in [5.74, 6) is -1.12. The van der Waals surface area contributed by atoms with E-state index < -0.39 is 5.97 Å². The Hall–Kier alpha value is -1.59. The molecule has 1 aromatic rings. The first-order chi connectivity index (χ1) is 10.2. The van der Waals surface area contributed by atoms with Crippen LogP contribution in [-0.4, -0.2) is 41.5 Å². The third kappa shape index (κ3) is 8.00. The number of nitrogens with one attached hydrogen (secondary N) is 1. The van der Waals surface area contributed by atoms with Gasteiger partial charge in [-0.1, -0.05) is 39.8 Å². The largest absolute Gasteiger partial charge is 0.480 e. The number of carboxylic acid groups (broad SMARTS) is 1. The van der Waals surface area contributed by atoms with E-state index in [0.717, 1.165) is 12.1 Å². The van der Waals surface area contributed by atoms with Crippen molar-refractivity contribution >= 4 is 30.0 Å². The highest BCUT2D eigenvalue weighted by Gasteiger charge is 2.15. The molecule has 0 atom stereocenters. The fourth-order valence-corrected chi connectivity index (χ4v) is 2.18. The van der Waals surface area contributed by atoms with Crippen LogP contribution in [0.5, 0.6) is 0 Å². The number of benzene rings is 1. The SMILES string of the molecule is CCCN(CC(=O)O)CC(=O)Nc1ccc(C(C)(C)C)cc1.Cl. The Morgan fingerprint density at radius 3 is 2.13 bits per heavy atom. The molecule has 0 saturated heterocycles. The maximum atomic E-state index is 12.0. The van der Waals surface area contributed by atoms with Crippen LogP contribution in [-0.2, 0) is 15.0 Å². The monoisotopic (exact) mass is 342 g/mol. The van der Waals surface area contributed by atoms with Crippen molar-refractivity contribution in [3.63, 3.8) is 0 Å². The zero-order valence-corrected chi connectivity index (χ0v) is 15.1. The van der Waals surface area contributed by atoms with E-state index in [-0.39, 0.29) is 36.8 Å². The normalized spacial score (nSPS) is 11.0. The fourth-order valence-electron chi connectivity index (χ4n) is 2.18. The standard InChI is InChI=1S/C17H26N2O3.ClH/c1-5-10-19(12-16(21)22)11-15(20)18-14-8-6-13(7-9-14)17(2,3)4;/h6-9H,5,10-12H2,1-4H3,(H,18,20)(H,21,22);1H. The first kappa shape index (κ1) is 21.4. The smallest absolute Gasteiger partial charge is 0.317 e. The highest BCUT2D eigenvalue weighted by Crippen LogP contribution is 2.23. The van der Waals surface area contributed by atoms with Gasteiger partial charge in [0, 0.05) is 5.69 Å². The summed E-state index contributed by atoms with van der Waals surface area (Å²) in [5.41, 5.74) is 2.00. The van der Waals surface area contributed by atoms with Crippen molar-refractivity contribution in [2.45, 2.75) is 39.5 Å².